The van der Waals surface area contributed by atoms with Crippen LogP contribution in [-0.4, -0.2) is 74.7 Å². The number of ketones is 1. The van der Waals surface area contributed by atoms with Crippen molar-refractivity contribution in [3.63, 3.8) is 0 Å². The average Bonchev–Trinajstić information content (AvgIpc) is 3.10. The SMILES string of the molecule is O=C(OC1Cc2c(O)cc(O)cc2OC1c1ccc(O)c(O)c1)c1cc(O)c2c(c1)OC1(O)C(=O)c3c(O)cc(O)cc3OC1(c1ccc(O)c(O)c1)O2. The number of hydrogen-bond donors (Lipinski definition) is 10. The highest BCUT2D eigenvalue weighted by molar-refractivity contribution is 6.08. The molecule has 0 saturated carbocycles. The van der Waals surface area contributed by atoms with Crippen LogP contribution in [0.15, 0.2) is 72.8 Å². The largest absolute Gasteiger partial charge is 0.508 e. The Morgan fingerprint density at radius 2 is 1.31 bits per heavy atom. The summed E-state index contributed by atoms with van der Waals surface area (Å²) in [7, 11) is 0. The number of benzene rings is 5. The summed E-state index contributed by atoms with van der Waals surface area (Å²) in [5.41, 5.74) is -1.06. The van der Waals surface area contributed by atoms with Crippen molar-refractivity contribution in [2.75, 3.05) is 0 Å². The van der Waals surface area contributed by atoms with Gasteiger partial charge < -0.3 is 74.7 Å². The molecule has 0 amide bonds. The molecule has 17 nitrogen and oxygen atoms in total. The van der Waals surface area contributed by atoms with Crippen LogP contribution in [0.4, 0.5) is 0 Å². The number of ether oxygens (including phenoxy) is 5. The lowest BCUT2D eigenvalue weighted by Crippen LogP contribution is -2.70. The molecule has 276 valence electrons. The summed E-state index contributed by atoms with van der Waals surface area (Å²) in [6, 6.07) is 12.5. The second-order valence-electron chi connectivity index (χ2n) is 12.6. The van der Waals surface area contributed by atoms with E-state index in [0.717, 1.165) is 54.6 Å². The molecule has 5 aromatic rings. The minimum Gasteiger partial charge on any atom is -0.508 e. The number of aliphatic hydroxyl groups is 1. The fraction of sp³-hybridized carbons (Fsp3) is 0.135. The Bertz CT molecular complexity index is 2440. The molecule has 4 unspecified atom stereocenters. The molecule has 17 heteroatoms. The first-order valence-corrected chi connectivity index (χ1v) is 15.8. The number of hydrogen-bond acceptors (Lipinski definition) is 17. The lowest BCUT2D eigenvalue weighted by Gasteiger charge is -2.50. The first-order valence-electron chi connectivity index (χ1n) is 15.8. The van der Waals surface area contributed by atoms with Gasteiger partial charge >= 0.3 is 17.5 Å². The molecule has 0 spiro atoms. The van der Waals surface area contributed by atoms with Crippen LogP contribution < -0.4 is 18.9 Å². The third-order valence-electron chi connectivity index (χ3n) is 9.18. The molecule has 54 heavy (non-hydrogen) atoms. The van der Waals surface area contributed by atoms with Crippen LogP contribution in [0.5, 0.6) is 74.7 Å². The fourth-order valence-corrected chi connectivity index (χ4v) is 6.63. The molecule has 0 saturated heterocycles. The van der Waals surface area contributed by atoms with Gasteiger partial charge in [0.1, 0.15) is 46.2 Å². The first-order chi connectivity index (χ1) is 25.6. The van der Waals surface area contributed by atoms with Crippen molar-refractivity contribution in [2.24, 2.45) is 0 Å². The van der Waals surface area contributed by atoms with Crippen molar-refractivity contribution in [1.82, 2.24) is 0 Å². The molecule has 0 radical (unpaired) electrons. The average molecular weight is 743 g/mol. The van der Waals surface area contributed by atoms with Crippen molar-refractivity contribution in [1.29, 1.82) is 0 Å². The topological polar surface area (TPSA) is 283 Å². The van der Waals surface area contributed by atoms with E-state index in [-0.39, 0.29) is 40.4 Å². The van der Waals surface area contributed by atoms with E-state index < -0.39 is 104 Å². The molecular weight excluding hydrogens is 716 g/mol. The minimum absolute atomic E-state index is 0.0372. The number of aromatic hydroxyl groups is 9. The summed E-state index contributed by atoms with van der Waals surface area (Å²) in [6.07, 6.45) is -2.64. The Balaban J connectivity index is 1.19. The maximum Gasteiger partial charge on any atom is 0.358 e. The molecule has 0 aromatic heterocycles. The zero-order chi connectivity index (χ0) is 38.4. The van der Waals surface area contributed by atoms with Crippen LogP contribution in [-0.2, 0) is 16.9 Å². The van der Waals surface area contributed by atoms with E-state index >= 15 is 0 Å². The molecule has 10 N–H and O–H groups in total. The summed E-state index contributed by atoms with van der Waals surface area (Å²) >= 11 is 0. The molecule has 0 aliphatic carbocycles. The Hall–Kier alpha value is -7.40. The number of Topliss-reactive ketones (excluding diaryl/α,β-unsaturated/α-hetero) is 1. The van der Waals surface area contributed by atoms with Gasteiger partial charge in [0.05, 0.1) is 5.56 Å². The number of rotatable bonds is 4. The highest BCUT2D eigenvalue weighted by Crippen LogP contribution is 2.57. The molecular formula is C37H26O17. The van der Waals surface area contributed by atoms with E-state index in [9.17, 15) is 60.7 Å². The van der Waals surface area contributed by atoms with E-state index in [4.69, 9.17) is 23.7 Å². The van der Waals surface area contributed by atoms with Gasteiger partial charge in [-0.3, -0.25) is 4.79 Å². The van der Waals surface area contributed by atoms with Gasteiger partial charge in [-0.1, -0.05) is 6.07 Å². The zero-order valence-corrected chi connectivity index (χ0v) is 27.1. The van der Waals surface area contributed by atoms with Gasteiger partial charge in [-0.15, -0.1) is 0 Å². The maximum atomic E-state index is 14.1. The van der Waals surface area contributed by atoms with Crippen LogP contribution in [0.25, 0.3) is 0 Å². The lowest BCUT2D eigenvalue weighted by atomic mass is 9.85. The van der Waals surface area contributed by atoms with Crippen molar-refractivity contribution >= 4 is 11.8 Å². The van der Waals surface area contributed by atoms with Gasteiger partial charge in [0.15, 0.2) is 40.6 Å². The minimum atomic E-state index is -3.30. The number of phenols is 9. The van der Waals surface area contributed by atoms with Crippen LogP contribution in [0.3, 0.4) is 0 Å². The monoisotopic (exact) mass is 742 g/mol. The highest BCUT2D eigenvalue weighted by atomic mass is 16.8. The van der Waals surface area contributed by atoms with Gasteiger partial charge in [0, 0.05) is 47.4 Å². The standard InChI is InChI=1S/C37H26O17/c38-17-9-22(42)19-13-29(32(50-27(19)11-17)14-1-3-20(40)23(43)5-14)51-35(48)15-6-26(46)33-30(7-15)52-36(49)34(47)31-25(45)10-18(39)12-28(31)53-37(36,54-33)16-2-4-21(41)24(44)8-16/h1-12,29,32,38-46,49H,13H2. The molecule has 3 aliphatic rings. The third-order valence-corrected chi connectivity index (χ3v) is 9.18. The lowest BCUT2D eigenvalue weighted by molar-refractivity contribution is -0.316. The normalized spacial score (nSPS) is 22.1. The number of carbonyl (C=O) groups excluding carboxylic acids is 2. The van der Waals surface area contributed by atoms with E-state index in [1.807, 2.05) is 0 Å². The number of fused-ring (bicyclic) bond motifs is 4. The van der Waals surface area contributed by atoms with Crippen LogP contribution in [0.1, 0.15) is 43.5 Å². The van der Waals surface area contributed by atoms with Gasteiger partial charge in [0.2, 0.25) is 5.75 Å². The Kier molecular flexibility index (Phi) is 7.22. The predicted octanol–water partition coefficient (Wildman–Crippen LogP) is 3.53. The Morgan fingerprint density at radius 1 is 0.648 bits per heavy atom. The molecule has 0 bridgehead atoms. The molecule has 3 heterocycles. The number of phenolic OH excluding ortho intramolecular Hbond substituents is 9. The van der Waals surface area contributed by atoms with Gasteiger partial charge in [-0.2, -0.15) is 0 Å². The third kappa shape index (κ3) is 4.97. The van der Waals surface area contributed by atoms with E-state index in [1.165, 1.54) is 18.2 Å². The molecule has 4 atom stereocenters. The molecule has 3 aliphatic heterocycles. The molecule has 0 fully saturated rings. The van der Waals surface area contributed by atoms with Crippen molar-refractivity contribution in [3.05, 3.63) is 101 Å². The fourth-order valence-electron chi connectivity index (χ4n) is 6.63. The van der Waals surface area contributed by atoms with Crippen LogP contribution in [0.2, 0.25) is 0 Å². The summed E-state index contributed by atoms with van der Waals surface area (Å²) in [5, 5.41) is 105. The predicted molar refractivity (Wildman–Crippen MR) is 176 cm³/mol. The summed E-state index contributed by atoms with van der Waals surface area (Å²) < 4.78 is 29.5. The Morgan fingerprint density at radius 3 is 2.02 bits per heavy atom. The smallest absolute Gasteiger partial charge is 0.358 e. The quantitative estimate of drug-likeness (QED) is 0.0931. The van der Waals surface area contributed by atoms with E-state index in [2.05, 4.69) is 0 Å². The number of carbonyl (C=O) groups is 2. The van der Waals surface area contributed by atoms with Gasteiger partial charge in [0.25, 0.3) is 5.78 Å². The first kappa shape index (κ1) is 33.7. The van der Waals surface area contributed by atoms with Crippen molar-refractivity contribution < 1.29 is 84.3 Å². The summed E-state index contributed by atoms with van der Waals surface area (Å²) in [6.45, 7) is 0. The molecule has 8 rings (SSSR count). The van der Waals surface area contributed by atoms with Crippen molar-refractivity contribution in [2.45, 2.75) is 30.2 Å². The second kappa shape index (κ2) is 11.6. The maximum absolute atomic E-state index is 14.1. The van der Waals surface area contributed by atoms with Gasteiger partial charge in [-0.05, 0) is 42.5 Å². The summed E-state index contributed by atoms with van der Waals surface area (Å²) in [4.78, 5) is 27.8. The van der Waals surface area contributed by atoms with Crippen LogP contribution in [0, 0.1) is 0 Å². The second-order valence-corrected chi connectivity index (χ2v) is 12.6. The van der Waals surface area contributed by atoms with E-state index in [1.54, 1.807) is 0 Å². The molecule has 5 aromatic carbocycles. The van der Waals surface area contributed by atoms with Crippen molar-refractivity contribution in [3.8, 4) is 74.7 Å². The van der Waals surface area contributed by atoms with E-state index in [0.29, 0.717) is 0 Å². The van der Waals surface area contributed by atoms with Gasteiger partial charge in [-0.25, -0.2) is 4.79 Å². The Labute approximate surface area is 301 Å². The highest BCUT2D eigenvalue weighted by Gasteiger charge is 2.71. The zero-order valence-electron chi connectivity index (χ0n) is 27.1. The summed E-state index contributed by atoms with van der Waals surface area (Å²) in [5.74, 6) is -15.5. The number of esters is 1. The van der Waals surface area contributed by atoms with Crippen LogP contribution >= 0.6 is 0 Å².